The molecule has 148 valence electrons. The van der Waals surface area contributed by atoms with Gasteiger partial charge in [-0.2, -0.15) is 0 Å². The second kappa shape index (κ2) is 9.58. The van der Waals surface area contributed by atoms with E-state index in [2.05, 4.69) is 10.7 Å². The molecule has 0 saturated heterocycles. The van der Waals surface area contributed by atoms with Crippen molar-refractivity contribution in [1.82, 2.24) is 5.43 Å². The summed E-state index contributed by atoms with van der Waals surface area (Å²) in [7, 11) is 0. The average molecular weight is 412 g/mol. The van der Waals surface area contributed by atoms with E-state index < -0.39 is 0 Å². The van der Waals surface area contributed by atoms with E-state index in [0.29, 0.717) is 5.11 Å². The Morgan fingerprint density at radius 2 is 1.07 bits per heavy atom. The van der Waals surface area contributed by atoms with Gasteiger partial charge in [-0.05, 0) is 72.9 Å². The average Bonchev–Trinajstić information content (AvgIpc) is 2.81. The van der Waals surface area contributed by atoms with E-state index in [1.165, 1.54) is 0 Å². The molecule has 4 aromatic carbocycles. The summed E-state index contributed by atoms with van der Waals surface area (Å²) >= 11 is 5.55. The highest BCUT2D eigenvalue weighted by Crippen LogP contribution is 2.24. The van der Waals surface area contributed by atoms with Gasteiger partial charge < -0.3 is 10.1 Å². The number of hydrazine groups is 1. The van der Waals surface area contributed by atoms with E-state index in [0.717, 1.165) is 28.6 Å². The van der Waals surface area contributed by atoms with Gasteiger partial charge in [0, 0.05) is 5.69 Å². The van der Waals surface area contributed by atoms with Crippen molar-refractivity contribution in [1.29, 1.82) is 0 Å². The van der Waals surface area contributed by atoms with Gasteiger partial charge in [-0.15, -0.1) is 0 Å². The van der Waals surface area contributed by atoms with Crippen molar-refractivity contribution in [2.45, 2.75) is 0 Å². The first-order valence-electron chi connectivity index (χ1n) is 9.59. The van der Waals surface area contributed by atoms with Crippen molar-refractivity contribution < 1.29 is 4.74 Å². The number of hydrogen-bond acceptors (Lipinski definition) is 3. The summed E-state index contributed by atoms with van der Waals surface area (Å²) in [5, 5.41) is 5.66. The predicted molar refractivity (Wildman–Crippen MR) is 127 cm³/mol. The highest BCUT2D eigenvalue weighted by atomic mass is 32.1. The minimum atomic E-state index is 0.486. The minimum Gasteiger partial charge on any atom is -0.457 e. The Hall–Kier alpha value is -3.83. The number of nitrogens with one attached hydrogen (secondary N) is 2. The number of rotatable bonds is 6. The standard InChI is InChI=1S/C25H21N3OS/c30-25(26-20-16-18-24(19-17-20)29-23-14-8-3-9-15-23)27-28(21-10-4-1-5-11-21)22-12-6-2-7-13-22/h1-19H,(H2,26,27,30). The summed E-state index contributed by atoms with van der Waals surface area (Å²) in [4.78, 5) is 0. The highest BCUT2D eigenvalue weighted by molar-refractivity contribution is 7.80. The Kier molecular flexibility index (Phi) is 6.22. The first kappa shape index (κ1) is 19.5. The molecule has 0 aliphatic rings. The minimum absolute atomic E-state index is 0.486. The Bertz CT molecular complexity index is 1030. The van der Waals surface area contributed by atoms with Crippen LogP contribution in [0.4, 0.5) is 17.1 Å². The quantitative estimate of drug-likeness (QED) is 0.279. The molecule has 30 heavy (non-hydrogen) atoms. The van der Waals surface area contributed by atoms with Gasteiger partial charge in [0.1, 0.15) is 11.5 Å². The van der Waals surface area contributed by atoms with Crippen molar-refractivity contribution in [3.8, 4) is 11.5 Å². The molecule has 0 aliphatic carbocycles. The number of nitrogens with zero attached hydrogens (tertiary/aromatic N) is 1. The largest absolute Gasteiger partial charge is 0.457 e. The van der Waals surface area contributed by atoms with Gasteiger partial charge in [0.05, 0.1) is 11.4 Å². The van der Waals surface area contributed by atoms with Crippen molar-refractivity contribution in [2.75, 3.05) is 10.3 Å². The van der Waals surface area contributed by atoms with E-state index in [-0.39, 0.29) is 0 Å². The molecule has 2 N–H and O–H groups in total. The van der Waals surface area contributed by atoms with Gasteiger partial charge >= 0.3 is 0 Å². The zero-order valence-corrected chi connectivity index (χ0v) is 17.0. The molecule has 0 heterocycles. The molecule has 0 radical (unpaired) electrons. The van der Waals surface area contributed by atoms with Crippen LogP contribution in [0.25, 0.3) is 0 Å². The predicted octanol–water partition coefficient (Wildman–Crippen LogP) is 6.52. The topological polar surface area (TPSA) is 36.5 Å². The first-order chi connectivity index (χ1) is 14.8. The maximum absolute atomic E-state index is 5.83. The summed E-state index contributed by atoms with van der Waals surface area (Å²) in [6.45, 7) is 0. The van der Waals surface area contributed by atoms with Crippen molar-refractivity contribution in [2.24, 2.45) is 0 Å². The van der Waals surface area contributed by atoms with Crippen molar-refractivity contribution >= 4 is 34.4 Å². The Labute approximate surface area is 181 Å². The van der Waals surface area contributed by atoms with Crippen molar-refractivity contribution in [3.63, 3.8) is 0 Å². The summed E-state index contributed by atoms with van der Waals surface area (Å²) in [6, 6.07) is 37.4. The summed E-state index contributed by atoms with van der Waals surface area (Å²) in [6.07, 6.45) is 0. The molecule has 4 nitrogen and oxygen atoms in total. The molecule has 4 aromatic rings. The van der Waals surface area contributed by atoms with Crippen LogP contribution in [0.2, 0.25) is 0 Å². The number of ether oxygens (including phenoxy) is 1. The molecular formula is C25H21N3OS. The summed E-state index contributed by atoms with van der Waals surface area (Å²) in [5.74, 6) is 1.57. The van der Waals surface area contributed by atoms with Crippen LogP contribution in [0.3, 0.4) is 0 Å². The third-order valence-electron chi connectivity index (χ3n) is 4.33. The first-order valence-corrected chi connectivity index (χ1v) is 9.99. The van der Waals surface area contributed by atoms with Gasteiger partial charge in [-0.25, -0.2) is 0 Å². The van der Waals surface area contributed by atoms with Gasteiger partial charge in [0.25, 0.3) is 0 Å². The molecule has 0 amide bonds. The van der Waals surface area contributed by atoms with Crippen LogP contribution >= 0.6 is 12.2 Å². The van der Waals surface area contributed by atoms with Gasteiger partial charge in [0.2, 0.25) is 0 Å². The molecule has 0 atom stereocenters. The number of benzene rings is 4. The second-order valence-electron chi connectivity index (χ2n) is 6.51. The van der Waals surface area contributed by atoms with Gasteiger partial charge in [-0.3, -0.25) is 10.4 Å². The van der Waals surface area contributed by atoms with Crippen LogP contribution in [0.5, 0.6) is 11.5 Å². The smallest absolute Gasteiger partial charge is 0.190 e. The third-order valence-corrected chi connectivity index (χ3v) is 4.53. The SMILES string of the molecule is S=C(Nc1ccc(Oc2ccccc2)cc1)NN(c1ccccc1)c1ccccc1. The van der Waals surface area contributed by atoms with Crippen molar-refractivity contribution in [3.05, 3.63) is 115 Å². The third kappa shape index (κ3) is 5.16. The van der Waals surface area contributed by atoms with E-state index in [1.54, 1.807) is 0 Å². The maximum Gasteiger partial charge on any atom is 0.190 e. The molecule has 5 heteroatoms. The van der Waals surface area contributed by atoms with E-state index in [9.17, 15) is 0 Å². The zero-order chi connectivity index (χ0) is 20.6. The Morgan fingerprint density at radius 3 is 1.60 bits per heavy atom. The highest BCUT2D eigenvalue weighted by Gasteiger charge is 2.10. The zero-order valence-electron chi connectivity index (χ0n) is 16.2. The fourth-order valence-electron chi connectivity index (χ4n) is 2.92. The molecule has 0 saturated carbocycles. The molecule has 0 unspecified atom stereocenters. The van der Waals surface area contributed by atoms with Crippen LogP contribution in [0.15, 0.2) is 115 Å². The lowest BCUT2D eigenvalue weighted by Gasteiger charge is -2.27. The lowest BCUT2D eigenvalue weighted by Crippen LogP contribution is -2.41. The molecule has 0 fully saturated rings. The maximum atomic E-state index is 5.83. The molecule has 4 rings (SSSR count). The molecule has 0 aliphatic heterocycles. The fraction of sp³-hybridized carbons (Fsp3) is 0. The fourth-order valence-corrected chi connectivity index (χ4v) is 3.13. The molecule has 0 aromatic heterocycles. The van der Waals surface area contributed by atoms with Gasteiger partial charge in [-0.1, -0.05) is 54.6 Å². The van der Waals surface area contributed by atoms with Crippen LogP contribution in [0, 0.1) is 0 Å². The summed E-state index contributed by atoms with van der Waals surface area (Å²) < 4.78 is 5.83. The number of para-hydroxylation sites is 3. The van der Waals surface area contributed by atoms with E-state index in [4.69, 9.17) is 17.0 Å². The second-order valence-corrected chi connectivity index (χ2v) is 6.92. The summed E-state index contributed by atoms with van der Waals surface area (Å²) in [5.41, 5.74) is 6.12. The number of thiocarbonyl (C=S) groups is 1. The van der Waals surface area contributed by atoms with Crippen LogP contribution in [0.1, 0.15) is 0 Å². The normalized spacial score (nSPS) is 10.1. The lowest BCUT2D eigenvalue weighted by atomic mass is 10.2. The molecule has 0 spiro atoms. The van der Waals surface area contributed by atoms with Gasteiger partial charge in [0.15, 0.2) is 5.11 Å². The molecular weight excluding hydrogens is 390 g/mol. The van der Waals surface area contributed by atoms with Crippen LogP contribution in [-0.4, -0.2) is 5.11 Å². The lowest BCUT2D eigenvalue weighted by molar-refractivity contribution is 0.483. The van der Waals surface area contributed by atoms with Crippen LogP contribution in [-0.2, 0) is 0 Å². The number of anilines is 3. The Morgan fingerprint density at radius 1 is 0.600 bits per heavy atom. The van der Waals surface area contributed by atoms with E-state index >= 15 is 0 Å². The number of hydrogen-bond donors (Lipinski definition) is 2. The Balaban J connectivity index is 1.43. The van der Waals surface area contributed by atoms with E-state index in [1.807, 2.05) is 120 Å². The molecule has 0 bridgehead atoms. The van der Waals surface area contributed by atoms with Crippen LogP contribution < -0.4 is 20.5 Å². The monoisotopic (exact) mass is 411 g/mol.